The fourth-order valence-electron chi connectivity index (χ4n) is 2.40. The van der Waals surface area contributed by atoms with Crippen LogP contribution in [0.4, 0.5) is 5.69 Å². The van der Waals surface area contributed by atoms with Crippen molar-refractivity contribution < 1.29 is 19.0 Å². The number of carbonyl (C=O) groups is 1. The van der Waals surface area contributed by atoms with Crippen LogP contribution < -0.4 is 19.5 Å². The zero-order valence-electron chi connectivity index (χ0n) is 15.9. The molecular formula is C20H18ClN3O4S. The van der Waals surface area contributed by atoms with Crippen molar-refractivity contribution in [3.63, 3.8) is 0 Å². The Morgan fingerprint density at radius 2 is 1.76 bits per heavy atom. The number of aromatic nitrogens is 2. The zero-order valence-corrected chi connectivity index (χ0v) is 17.5. The Kier molecular flexibility index (Phi) is 6.79. The number of rotatable bonds is 7. The van der Waals surface area contributed by atoms with Gasteiger partial charge in [0.25, 0.3) is 5.91 Å². The lowest BCUT2D eigenvalue weighted by molar-refractivity contribution is 0.102. The summed E-state index contributed by atoms with van der Waals surface area (Å²) in [6.45, 7) is 0. The molecule has 3 rings (SSSR count). The Morgan fingerprint density at radius 1 is 1.03 bits per heavy atom. The minimum Gasteiger partial charge on any atom is -0.497 e. The first-order valence-electron chi connectivity index (χ1n) is 8.42. The molecule has 3 aromatic rings. The van der Waals surface area contributed by atoms with Gasteiger partial charge in [0.2, 0.25) is 0 Å². The number of benzene rings is 2. The monoisotopic (exact) mass is 431 g/mol. The molecule has 0 aliphatic rings. The first-order chi connectivity index (χ1) is 14.0. The third kappa shape index (κ3) is 5.10. The number of nitrogens with one attached hydrogen (secondary N) is 1. The summed E-state index contributed by atoms with van der Waals surface area (Å²) in [5.74, 6) is 1.82. The molecule has 0 spiro atoms. The van der Waals surface area contributed by atoms with Crippen LogP contribution in [-0.4, -0.2) is 36.4 Å². The maximum absolute atomic E-state index is 12.6. The molecule has 0 saturated heterocycles. The second kappa shape index (κ2) is 9.49. The summed E-state index contributed by atoms with van der Waals surface area (Å²) in [6, 6.07) is 12.2. The van der Waals surface area contributed by atoms with Gasteiger partial charge in [0.15, 0.2) is 22.3 Å². The summed E-state index contributed by atoms with van der Waals surface area (Å²) in [7, 11) is 3.14. The van der Waals surface area contributed by atoms with Crippen LogP contribution in [0.15, 0.2) is 53.8 Å². The molecule has 2 aromatic carbocycles. The molecule has 1 heterocycles. The fourth-order valence-corrected chi connectivity index (χ4v) is 2.92. The maximum atomic E-state index is 12.6. The van der Waals surface area contributed by atoms with E-state index in [9.17, 15) is 4.79 Å². The molecule has 7 nitrogen and oxygen atoms in total. The predicted octanol–water partition coefficient (Wildman–Crippen LogP) is 4.91. The van der Waals surface area contributed by atoms with Gasteiger partial charge in [-0.3, -0.25) is 4.79 Å². The van der Waals surface area contributed by atoms with Gasteiger partial charge in [0.1, 0.15) is 11.5 Å². The summed E-state index contributed by atoms with van der Waals surface area (Å²) >= 11 is 7.40. The molecule has 1 amide bonds. The van der Waals surface area contributed by atoms with Crippen LogP contribution in [-0.2, 0) is 0 Å². The van der Waals surface area contributed by atoms with Gasteiger partial charge in [-0.2, -0.15) is 0 Å². The van der Waals surface area contributed by atoms with E-state index in [4.69, 9.17) is 25.8 Å². The van der Waals surface area contributed by atoms with E-state index in [-0.39, 0.29) is 10.7 Å². The van der Waals surface area contributed by atoms with Gasteiger partial charge in [-0.25, -0.2) is 9.97 Å². The number of anilines is 1. The Morgan fingerprint density at radius 3 is 2.41 bits per heavy atom. The van der Waals surface area contributed by atoms with Crippen LogP contribution in [0.25, 0.3) is 0 Å². The van der Waals surface area contributed by atoms with Crippen molar-refractivity contribution in [1.29, 1.82) is 0 Å². The van der Waals surface area contributed by atoms with Crippen LogP contribution in [0.5, 0.6) is 23.0 Å². The van der Waals surface area contributed by atoms with Crippen LogP contribution in [0.1, 0.15) is 10.5 Å². The van der Waals surface area contributed by atoms with Gasteiger partial charge in [-0.15, -0.1) is 0 Å². The van der Waals surface area contributed by atoms with Gasteiger partial charge in [0, 0.05) is 11.8 Å². The second-order valence-corrected chi connectivity index (χ2v) is 6.83. The van der Waals surface area contributed by atoms with Gasteiger partial charge in [-0.1, -0.05) is 23.4 Å². The fraction of sp³-hybridized carbons (Fsp3) is 0.150. The van der Waals surface area contributed by atoms with Crippen molar-refractivity contribution in [3.05, 3.63) is 59.4 Å². The van der Waals surface area contributed by atoms with E-state index in [1.807, 2.05) is 6.26 Å². The number of thioether (sulfide) groups is 1. The average molecular weight is 432 g/mol. The molecule has 1 aromatic heterocycles. The predicted molar refractivity (Wildman–Crippen MR) is 113 cm³/mol. The molecule has 0 saturated carbocycles. The van der Waals surface area contributed by atoms with E-state index < -0.39 is 5.91 Å². The molecule has 0 fully saturated rings. The number of carbonyl (C=O) groups excluding carboxylic acids is 1. The Hall–Kier alpha value is -2.97. The Balaban J connectivity index is 1.83. The van der Waals surface area contributed by atoms with Gasteiger partial charge in [0.05, 0.1) is 25.4 Å². The third-order valence-electron chi connectivity index (χ3n) is 3.83. The van der Waals surface area contributed by atoms with Crippen LogP contribution >= 0.6 is 23.4 Å². The molecule has 29 heavy (non-hydrogen) atoms. The van der Waals surface area contributed by atoms with Crippen molar-refractivity contribution in [1.82, 2.24) is 9.97 Å². The van der Waals surface area contributed by atoms with E-state index in [1.54, 1.807) is 56.7 Å². The second-order valence-electron chi connectivity index (χ2n) is 5.65. The molecule has 0 bridgehead atoms. The highest BCUT2D eigenvalue weighted by molar-refractivity contribution is 7.98. The Bertz CT molecular complexity index is 1020. The molecule has 1 N–H and O–H groups in total. The quantitative estimate of drug-likeness (QED) is 0.420. The van der Waals surface area contributed by atoms with Gasteiger partial charge in [-0.05, 0) is 42.7 Å². The molecule has 9 heteroatoms. The minimum atomic E-state index is -0.451. The van der Waals surface area contributed by atoms with Gasteiger partial charge < -0.3 is 19.5 Å². The number of halogens is 1. The van der Waals surface area contributed by atoms with E-state index in [2.05, 4.69) is 15.3 Å². The maximum Gasteiger partial charge on any atom is 0.275 e. The average Bonchev–Trinajstić information content (AvgIpc) is 2.75. The molecule has 0 radical (unpaired) electrons. The lowest BCUT2D eigenvalue weighted by Gasteiger charge is -2.13. The van der Waals surface area contributed by atoms with Crippen molar-refractivity contribution in [2.45, 2.75) is 5.16 Å². The molecule has 0 aliphatic heterocycles. The third-order valence-corrected chi connectivity index (χ3v) is 4.67. The highest BCUT2D eigenvalue weighted by Gasteiger charge is 2.16. The summed E-state index contributed by atoms with van der Waals surface area (Å²) in [5, 5.41) is 3.39. The lowest BCUT2D eigenvalue weighted by atomic mass is 10.2. The first kappa shape index (κ1) is 20.8. The lowest BCUT2D eigenvalue weighted by Crippen LogP contribution is -2.15. The summed E-state index contributed by atoms with van der Waals surface area (Å²) < 4.78 is 16.4. The largest absolute Gasteiger partial charge is 0.497 e. The SMILES string of the molecule is COc1ccc(Oc2cc(NC(=O)c3nc(SC)ncc3Cl)ccc2OC)cc1. The van der Waals surface area contributed by atoms with E-state index in [0.29, 0.717) is 28.1 Å². The number of hydrogen-bond donors (Lipinski definition) is 1. The van der Waals surface area contributed by atoms with E-state index in [0.717, 1.165) is 5.75 Å². The highest BCUT2D eigenvalue weighted by Crippen LogP contribution is 2.34. The molecular weight excluding hydrogens is 414 g/mol. The van der Waals surface area contributed by atoms with Gasteiger partial charge >= 0.3 is 0 Å². The van der Waals surface area contributed by atoms with Crippen LogP contribution in [0.2, 0.25) is 5.02 Å². The van der Waals surface area contributed by atoms with Crippen molar-refractivity contribution in [2.75, 3.05) is 25.8 Å². The van der Waals surface area contributed by atoms with Crippen LogP contribution in [0.3, 0.4) is 0 Å². The smallest absolute Gasteiger partial charge is 0.275 e. The molecule has 150 valence electrons. The normalized spacial score (nSPS) is 10.3. The molecule has 0 unspecified atom stereocenters. The van der Waals surface area contributed by atoms with Crippen molar-refractivity contribution in [3.8, 4) is 23.0 Å². The summed E-state index contributed by atoms with van der Waals surface area (Å²) in [4.78, 5) is 20.8. The highest BCUT2D eigenvalue weighted by atomic mass is 35.5. The van der Waals surface area contributed by atoms with E-state index >= 15 is 0 Å². The molecule has 0 aliphatic carbocycles. The first-order valence-corrected chi connectivity index (χ1v) is 10.0. The zero-order chi connectivity index (χ0) is 20.8. The van der Waals surface area contributed by atoms with Crippen LogP contribution in [0, 0.1) is 0 Å². The topological polar surface area (TPSA) is 82.6 Å². The number of ether oxygens (including phenoxy) is 3. The number of hydrogen-bond acceptors (Lipinski definition) is 7. The Labute approximate surface area is 177 Å². The van der Waals surface area contributed by atoms with E-state index in [1.165, 1.54) is 18.0 Å². The number of amides is 1. The van der Waals surface area contributed by atoms with Crippen molar-refractivity contribution >= 4 is 35.0 Å². The van der Waals surface area contributed by atoms with Crippen molar-refractivity contribution in [2.24, 2.45) is 0 Å². The number of nitrogens with zero attached hydrogens (tertiary/aromatic N) is 2. The minimum absolute atomic E-state index is 0.0967. The standard InChI is InChI=1S/C20H18ClN3O4S/c1-26-13-5-7-14(8-6-13)28-17-10-12(4-9-16(17)27-2)23-19(25)18-15(21)11-22-20(24-18)29-3/h4-11H,1-3H3,(H,23,25). The summed E-state index contributed by atoms with van der Waals surface area (Å²) in [6.07, 6.45) is 3.22. The summed E-state index contributed by atoms with van der Waals surface area (Å²) in [5.41, 5.74) is 0.596. The molecule has 0 atom stereocenters. The number of methoxy groups -OCH3 is 2.